The van der Waals surface area contributed by atoms with Crippen LogP contribution in [0.4, 0.5) is 0 Å². The number of benzene rings is 1. The van der Waals surface area contributed by atoms with Crippen LogP contribution in [0.25, 0.3) is 0 Å². The van der Waals surface area contributed by atoms with E-state index in [2.05, 4.69) is 10.0 Å². The van der Waals surface area contributed by atoms with Gasteiger partial charge in [-0.1, -0.05) is 6.07 Å². The lowest BCUT2D eigenvalue weighted by atomic mass is 10.1. The van der Waals surface area contributed by atoms with E-state index in [1.54, 1.807) is 0 Å². The second-order valence-corrected chi connectivity index (χ2v) is 11.4. The number of sulfonamides is 1. The van der Waals surface area contributed by atoms with Gasteiger partial charge >= 0.3 is 0 Å². The van der Waals surface area contributed by atoms with Crippen LogP contribution < -0.4 is 10.0 Å². The number of rotatable bonds is 7. The van der Waals surface area contributed by atoms with Crippen LogP contribution in [0.2, 0.25) is 0 Å². The Hall–Kier alpha value is -1.75. The first-order valence-electron chi connectivity index (χ1n) is 8.36. The summed E-state index contributed by atoms with van der Waals surface area (Å²) < 4.78 is 50.0. The van der Waals surface area contributed by atoms with Crippen LogP contribution in [0.15, 0.2) is 46.7 Å². The van der Waals surface area contributed by atoms with Crippen LogP contribution in [0.5, 0.6) is 0 Å². The predicted molar refractivity (Wildman–Crippen MR) is 104 cm³/mol. The first kappa shape index (κ1) is 20.0. The fourth-order valence-corrected chi connectivity index (χ4v) is 6.42. The number of sulfone groups is 1. The maximum absolute atomic E-state index is 12.3. The molecule has 1 unspecified atom stereocenters. The highest BCUT2D eigenvalue weighted by molar-refractivity contribution is 7.91. The second-order valence-electron chi connectivity index (χ2n) is 6.41. The Bertz CT molecular complexity index is 997. The Morgan fingerprint density at radius 3 is 2.52 bits per heavy atom. The number of amides is 1. The molecule has 1 saturated heterocycles. The lowest BCUT2D eigenvalue weighted by Crippen LogP contribution is -2.30. The maximum Gasteiger partial charge on any atom is 0.251 e. The Kier molecular flexibility index (Phi) is 5.99. The first-order chi connectivity index (χ1) is 12.8. The molecule has 146 valence electrons. The van der Waals surface area contributed by atoms with Crippen LogP contribution in [0.1, 0.15) is 21.7 Å². The normalized spacial score (nSPS) is 19.0. The molecular weight excluding hydrogens is 408 g/mol. The molecule has 10 heteroatoms. The maximum atomic E-state index is 12.3. The SMILES string of the molecule is O=C(NCC1CCS(=O)(=O)C1)c1ccc(S(=O)(=O)NCc2cccs2)cc1. The lowest BCUT2D eigenvalue weighted by Gasteiger charge is -2.10. The molecule has 1 aromatic carbocycles. The van der Waals surface area contributed by atoms with Crippen LogP contribution >= 0.6 is 11.3 Å². The minimum absolute atomic E-state index is 0.0694. The van der Waals surface area contributed by atoms with Crippen molar-refractivity contribution in [3.05, 3.63) is 52.2 Å². The van der Waals surface area contributed by atoms with Crippen molar-refractivity contribution in [1.29, 1.82) is 0 Å². The molecule has 1 aromatic heterocycles. The largest absolute Gasteiger partial charge is 0.352 e. The molecule has 0 radical (unpaired) electrons. The standard InChI is InChI=1S/C17H20N2O5S3/c20-17(18-10-13-7-9-26(21,22)12-13)14-3-5-16(6-4-14)27(23,24)19-11-15-2-1-8-25-15/h1-6,8,13,19H,7,9-12H2,(H,18,20). The molecule has 1 aliphatic rings. The van der Waals surface area contributed by atoms with Crippen LogP contribution in [0, 0.1) is 5.92 Å². The van der Waals surface area contributed by atoms with E-state index in [0.717, 1.165) is 4.88 Å². The van der Waals surface area contributed by atoms with Gasteiger partial charge in [0, 0.05) is 23.5 Å². The summed E-state index contributed by atoms with van der Waals surface area (Å²) in [6.45, 7) is 0.507. The third-order valence-electron chi connectivity index (χ3n) is 4.32. The summed E-state index contributed by atoms with van der Waals surface area (Å²) in [5.74, 6) is -0.159. The van der Waals surface area contributed by atoms with E-state index in [1.807, 2.05) is 17.5 Å². The van der Waals surface area contributed by atoms with Crippen molar-refractivity contribution < 1.29 is 21.6 Å². The average Bonchev–Trinajstić information content (AvgIpc) is 3.27. The van der Waals surface area contributed by atoms with Crippen LogP contribution in [-0.4, -0.2) is 40.8 Å². The molecule has 0 spiro atoms. The van der Waals surface area contributed by atoms with E-state index in [-0.39, 0.29) is 34.8 Å². The minimum Gasteiger partial charge on any atom is -0.352 e. The molecule has 3 rings (SSSR count). The third-order valence-corrected chi connectivity index (χ3v) is 8.45. The quantitative estimate of drug-likeness (QED) is 0.693. The first-order valence-corrected chi connectivity index (χ1v) is 12.5. The third kappa shape index (κ3) is 5.38. The average molecular weight is 429 g/mol. The number of carbonyl (C=O) groups is 1. The van der Waals surface area contributed by atoms with E-state index in [0.29, 0.717) is 18.5 Å². The van der Waals surface area contributed by atoms with Gasteiger partial charge in [0.15, 0.2) is 9.84 Å². The number of nitrogens with one attached hydrogen (secondary N) is 2. The minimum atomic E-state index is -3.66. The van der Waals surface area contributed by atoms with Crippen molar-refractivity contribution in [1.82, 2.24) is 10.0 Å². The van der Waals surface area contributed by atoms with Crippen molar-refractivity contribution in [2.45, 2.75) is 17.9 Å². The Labute approximate surface area is 162 Å². The number of hydrogen-bond donors (Lipinski definition) is 2. The summed E-state index contributed by atoms with van der Waals surface area (Å²) in [5, 5.41) is 4.59. The van der Waals surface area contributed by atoms with E-state index in [1.165, 1.54) is 35.6 Å². The second kappa shape index (κ2) is 8.09. The highest BCUT2D eigenvalue weighted by atomic mass is 32.2. The Balaban J connectivity index is 1.56. The molecule has 0 bridgehead atoms. The molecule has 2 N–H and O–H groups in total. The Morgan fingerprint density at radius 2 is 1.93 bits per heavy atom. The number of thiophene rings is 1. The van der Waals surface area contributed by atoms with Crippen molar-refractivity contribution in [3.63, 3.8) is 0 Å². The molecule has 0 aliphatic carbocycles. The summed E-state index contributed by atoms with van der Waals surface area (Å²) in [4.78, 5) is 13.2. The van der Waals surface area contributed by atoms with Gasteiger partial charge in [0.25, 0.3) is 5.91 Å². The molecule has 27 heavy (non-hydrogen) atoms. The lowest BCUT2D eigenvalue weighted by molar-refractivity contribution is 0.0948. The summed E-state index contributed by atoms with van der Waals surface area (Å²) >= 11 is 1.46. The molecule has 2 heterocycles. The number of carbonyl (C=O) groups excluding carboxylic acids is 1. The highest BCUT2D eigenvalue weighted by Crippen LogP contribution is 2.18. The highest BCUT2D eigenvalue weighted by Gasteiger charge is 2.28. The van der Waals surface area contributed by atoms with E-state index < -0.39 is 19.9 Å². The van der Waals surface area contributed by atoms with Crippen LogP contribution in [-0.2, 0) is 26.4 Å². The van der Waals surface area contributed by atoms with E-state index >= 15 is 0 Å². The van der Waals surface area contributed by atoms with Crippen molar-refractivity contribution in [2.24, 2.45) is 5.92 Å². The summed E-state index contributed by atoms with van der Waals surface area (Å²) in [6.07, 6.45) is 0.551. The zero-order chi connectivity index (χ0) is 19.5. The summed E-state index contributed by atoms with van der Waals surface area (Å²) in [6, 6.07) is 9.34. The smallest absolute Gasteiger partial charge is 0.251 e. The molecule has 1 aliphatic heterocycles. The zero-order valence-corrected chi connectivity index (χ0v) is 16.9. The van der Waals surface area contributed by atoms with Gasteiger partial charge in [-0.2, -0.15) is 0 Å². The van der Waals surface area contributed by atoms with Gasteiger partial charge in [0.1, 0.15) is 0 Å². The van der Waals surface area contributed by atoms with Crippen molar-refractivity contribution >= 4 is 37.1 Å². The topological polar surface area (TPSA) is 109 Å². The van der Waals surface area contributed by atoms with Gasteiger partial charge in [-0.15, -0.1) is 11.3 Å². The van der Waals surface area contributed by atoms with Gasteiger partial charge in [-0.05, 0) is 48.1 Å². The fraction of sp³-hybridized carbons (Fsp3) is 0.353. The van der Waals surface area contributed by atoms with Crippen LogP contribution in [0.3, 0.4) is 0 Å². The monoisotopic (exact) mass is 428 g/mol. The van der Waals surface area contributed by atoms with Gasteiger partial charge in [-0.25, -0.2) is 21.6 Å². The van der Waals surface area contributed by atoms with E-state index in [9.17, 15) is 21.6 Å². The molecule has 2 aromatic rings. The van der Waals surface area contributed by atoms with Crippen molar-refractivity contribution in [2.75, 3.05) is 18.1 Å². The predicted octanol–water partition coefficient (Wildman–Crippen LogP) is 1.39. The molecule has 1 amide bonds. The van der Waals surface area contributed by atoms with Gasteiger partial charge in [-0.3, -0.25) is 4.79 Å². The fourth-order valence-electron chi connectivity index (χ4n) is 2.82. The van der Waals surface area contributed by atoms with Gasteiger partial charge < -0.3 is 5.32 Å². The Morgan fingerprint density at radius 1 is 1.19 bits per heavy atom. The molecule has 0 saturated carbocycles. The molecule has 7 nitrogen and oxygen atoms in total. The van der Waals surface area contributed by atoms with Gasteiger partial charge in [0.2, 0.25) is 10.0 Å². The summed E-state index contributed by atoms with van der Waals surface area (Å²) in [7, 11) is -6.63. The molecular formula is C17H20N2O5S3. The van der Waals surface area contributed by atoms with E-state index in [4.69, 9.17) is 0 Å². The number of hydrogen-bond acceptors (Lipinski definition) is 6. The molecule has 1 atom stereocenters. The summed E-state index contributed by atoms with van der Waals surface area (Å²) in [5.41, 5.74) is 0.327. The zero-order valence-electron chi connectivity index (χ0n) is 14.4. The van der Waals surface area contributed by atoms with Gasteiger partial charge in [0.05, 0.1) is 16.4 Å². The molecule has 1 fully saturated rings. The van der Waals surface area contributed by atoms with Crippen molar-refractivity contribution in [3.8, 4) is 0 Å².